The van der Waals surface area contributed by atoms with Crippen molar-refractivity contribution in [2.45, 2.75) is 36.8 Å². The van der Waals surface area contributed by atoms with Gasteiger partial charge in [0.25, 0.3) is 0 Å². The number of aliphatic hydroxyl groups is 1. The highest BCUT2D eigenvalue weighted by Gasteiger charge is 2.21. The Kier molecular flexibility index (Phi) is 6.27. The molecule has 0 fully saturated rings. The van der Waals surface area contributed by atoms with Crippen molar-refractivity contribution in [1.82, 2.24) is 4.98 Å². The summed E-state index contributed by atoms with van der Waals surface area (Å²) in [4.78, 5) is 4.20. The number of rotatable bonds is 7. The van der Waals surface area contributed by atoms with Gasteiger partial charge < -0.3 is 10.8 Å². The van der Waals surface area contributed by atoms with Gasteiger partial charge >= 0.3 is 0 Å². The summed E-state index contributed by atoms with van der Waals surface area (Å²) in [6, 6.07) is 3.74. The van der Waals surface area contributed by atoms with E-state index in [0.29, 0.717) is 18.0 Å². The van der Waals surface area contributed by atoms with Crippen LogP contribution in [0.4, 0.5) is 0 Å². The molecule has 0 bridgehead atoms. The lowest BCUT2D eigenvalue weighted by molar-refractivity contribution is 0.0360. The minimum atomic E-state index is -0.700. The average molecular weight is 275 g/mol. The first kappa shape index (κ1) is 14.8. The molecule has 0 aliphatic carbocycles. The Morgan fingerprint density at radius 1 is 1.53 bits per heavy atom. The van der Waals surface area contributed by atoms with Crippen LogP contribution >= 0.6 is 23.4 Å². The lowest BCUT2D eigenvalue weighted by atomic mass is 9.95. The van der Waals surface area contributed by atoms with Crippen LogP contribution in [0.2, 0.25) is 5.02 Å². The van der Waals surface area contributed by atoms with Crippen molar-refractivity contribution in [3.8, 4) is 0 Å². The number of nitrogens with two attached hydrogens (primary N) is 1. The third-order valence-corrected chi connectivity index (χ3v) is 4.03. The van der Waals surface area contributed by atoms with Gasteiger partial charge in [-0.3, -0.25) is 0 Å². The zero-order chi connectivity index (χ0) is 12.7. The van der Waals surface area contributed by atoms with Crippen molar-refractivity contribution < 1.29 is 5.11 Å². The van der Waals surface area contributed by atoms with Gasteiger partial charge in [0.1, 0.15) is 0 Å². The smallest absolute Gasteiger partial charge is 0.0960 e. The van der Waals surface area contributed by atoms with Crippen LogP contribution in [0.25, 0.3) is 0 Å². The summed E-state index contributed by atoms with van der Waals surface area (Å²) in [6.45, 7) is 2.29. The molecular weight excluding hydrogens is 256 g/mol. The van der Waals surface area contributed by atoms with Crippen molar-refractivity contribution in [2.75, 3.05) is 12.3 Å². The summed E-state index contributed by atoms with van der Waals surface area (Å²) in [6.07, 6.45) is 4.01. The van der Waals surface area contributed by atoms with Crippen LogP contribution < -0.4 is 5.73 Å². The Bertz CT molecular complexity index is 328. The zero-order valence-corrected chi connectivity index (χ0v) is 11.6. The normalized spacial score (nSPS) is 14.6. The number of hydrogen-bond acceptors (Lipinski definition) is 4. The van der Waals surface area contributed by atoms with Gasteiger partial charge in [-0.1, -0.05) is 18.5 Å². The number of halogens is 1. The van der Waals surface area contributed by atoms with E-state index < -0.39 is 5.60 Å². The van der Waals surface area contributed by atoms with E-state index in [0.717, 1.165) is 23.6 Å². The molecule has 1 heterocycles. The summed E-state index contributed by atoms with van der Waals surface area (Å²) in [5.41, 5.74) is 4.84. The second-order valence-corrected chi connectivity index (χ2v) is 5.60. The number of nitrogens with zero attached hydrogens (tertiary/aromatic N) is 1. The summed E-state index contributed by atoms with van der Waals surface area (Å²) in [7, 11) is 0. The van der Waals surface area contributed by atoms with Gasteiger partial charge in [-0.05, 0) is 37.1 Å². The Morgan fingerprint density at radius 2 is 2.29 bits per heavy atom. The topological polar surface area (TPSA) is 59.1 Å². The van der Waals surface area contributed by atoms with Crippen molar-refractivity contribution in [1.29, 1.82) is 0 Å². The number of hydrogen-bond donors (Lipinski definition) is 2. The molecule has 1 unspecified atom stereocenters. The first-order valence-electron chi connectivity index (χ1n) is 5.76. The predicted octanol–water partition coefficient (Wildman–Crippen LogP) is 2.71. The molecule has 0 spiro atoms. The van der Waals surface area contributed by atoms with Crippen molar-refractivity contribution >= 4 is 23.4 Å². The van der Waals surface area contributed by atoms with Crippen molar-refractivity contribution in [3.63, 3.8) is 0 Å². The summed E-state index contributed by atoms with van der Waals surface area (Å²) in [5, 5.41) is 11.6. The van der Waals surface area contributed by atoms with Crippen LogP contribution in [-0.2, 0) is 0 Å². The van der Waals surface area contributed by atoms with Crippen molar-refractivity contribution in [2.24, 2.45) is 5.73 Å². The molecular formula is C12H19ClN2OS. The summed E-state index contributed by atoms with van der Waals surface area (Å²) in [5.74, 6) is 0.928. The summed E-state index contributed by atoms with van der Waals surface area (Å²) < 4.78 is 0. The lowest BCUT2D eigenvalue weighted by Crippen LogP contribution is -2.36. The maximum absolute atomic E-state index is 10.00. The van der Waals surface area contributed by atoms with Crippen LogP contribution in [0.1, 0.15) is 26.2 Å². The zero-order valence-electron chi connectivity index (χ0n) is 10.0. The Hall–Kier alpha value is -0.290. The molecule has 0 radical (unpaired) electrons. The van der Waals surface area contributed by atoms with Gasteiger partial charge in [-0.15, -0.1) is 11.8 Å². The molecule has 5 heteroatoms. The van der Waals surface area contributed by atoms with E-state index in [1.165, 1.54) is 0 Å². The first-order valence-corrected chi connectivity index (χ1v) is 7.13. The number of aromatic nitrogens is 1. The van der Waals surface area contributed by atoms with Gasteiger partial charge in [0.2, 0.25) is 0 Å². The SMILES string of the molecule is CCC(O)(CN)CCCSc1ccc(Cl)cn1. The standard InChI is InChI=1S/C12H19ClN2OS/c1-2-12(16,9-14)6-3-7-17-11-5-4-10(13)8-15-11/h4-5,8,16H,2-3,6-7,9,14H2,1H3. The molecule has 1 rings (SSSR count). The van der Waals surface area contributed by atoms with Gasteiger partial charge in [0.05, 0.1) is 15.6 Å². The largest absolute Gasteiger partial charge is 0.389 e. The molecule has 0 saturated carbocycles. The second-order valence-electron chi connectivity index (χ2n) is 4.05. The maximum atomic E-state index is 10.00. The van der Waals surface area contributed by atoms with Crippen LogP contribution in [-0.4, -0.2) is 28.0 Å². The fourth-order valence-electron chi connectivity index (χ4n) is 1.45. The Labute approximate surface area is 112 Å². The first-order chi connectivity index (χ1) is 8.09. The third-order valence-electron chi connectivity index (χ3n) is 2.77. The molecule has 3 nitrogen and oxygen atoms in total. The van der Waals surface area contributed by atoms with Crippen LogP contribution in [0.5, 0.6) is 0 Å². The van der Waals surface area contributed by atoms with E-state index in [-0.39, 0.29) is 0 Å². The van der Waals surface area contributed by atoms with Crippen LogP contribution in [0.15, 0.2) is 23.4 Å². The lowest BCUT2D eigenvalue weighted by Gasteiger charge is -2.24. The molecule has 17 heavy (non-hydrogen) atoms. The molecule has 0 saturated heterocycles. The Balaban J connectivity index is 2.26. The highest BCUT2D eigenvalue weighted by atomic mass is 35.5. The molecule has 0 aliphatic rings. The minimum absolute atomic E-state index is 0.327. The number of pyridine rings is 1. The van der Waals surface area contributed by atoms with E-state index in [1.807, 2.05) is 19.1 Å². The van der Waals surface area contributed by atoms with E-state index in [9.17, 15) is 5.11 Å². The third kappa shape index (κ3) is 5.25. The quantitative estimate of drug-likeness (QED) is 0.593. The summed E-state index contributed by atoms with van der Waals surface area (Å²) >= 11 is 7.42. The molecule has 3 N–H and O–H groups in total. The van der Waals surface area contributed by atoms with E-state index in [2.05, 4.69) is 4.98 Å². The van der Waals surface area contributed by atoms with Gasteiger partial charge in [0.15, 0.2) is 0 Å². The van der Waals surface area contributed by atoms with E-state index in [4.69, 9.17) is 17.3 Å². The predicted molar refractivity (Wildman–Crippen MR) is 73.5 cm³/mol. The highest BCUT2D eigenvalue weighted by Crippen LogP contribution is 2.21. The van der Waals surface area contributed by atoms with Gasteiger partial charge in [0, 0.05) is 12.7 Å². The molecule has 96 valence electrons. The second kappa shape index (κ2) is 7.21. The molecule has 0 aromatic carbocycles. The van der Waals surface area contributed by atoms with Gasteiger partial charge in [-0.2, -0.15) is 0 Å². The fraction of sp³-hybridized carbons (Fsp3) is 0.583. The fourth-order valence-corrected chi connectivity index (χ4v) is 2.35. The highest BCUT2D eigenvalue weighted by molar-refractivity contribution is 7.99. The minimum Gasteiger partial charge on any atom is -0.389 e. The van der Waals surface area contributed by atoms with Gasteiger partial charge in [-0.25, -0.2) is 4.98 Å². The van der Waals surface area contributed by atoms with E-state index >= 15 is 0 Å². The van der Waals surface area contributed by atoms with Crippen LogP contribution in [0, 0.1) is 0 Å². The number of thioether (sulfide) groups is 1. The average Bonchev–Trinajstić information content (AvgIpc) is 2.36. The molecule has 1 aromatic rings. The molecule has 0 aliphatic heterocycles. The van der Waals surface area contributed by atoms with Crippen LogP contribution in [0.3, 0.4) is 0 Å². The maximum Gasteiger partial charge on any atom is 0.0960 e. The van der Waals surface area contributed by atoms with Crippen molar-refractivity contribution in [3.05, 3.63) is 23.4 Å². The molecule has 1 aromatic heterocycles. The monoisotopic (exact) mass is 274 g/mol. The Morgan fingerprint density at radius 3 is 2.82 bits per heavy atom. The van der Waals surface area contributed by atoms with E-state index in [1.54, 1.807) is 18.0 Å². The molecule has 1 atom stereocenters. The molecule has 0 amide bonds.